The summed E-state index contributed by atoms with van der Waals surface area (Å²) < 4.78 is 5.74. The first kappa shape index (κ1) is 27.8. The fourth-order valence-corrected chi connectivity index (χ4v) is 7.48. The number of aryl methyl sites for hydroxylation is 1. The second-order valence-electron chi connectivity index (χ2n) is 12.1. The van der Waals surface area contributed by atoms with Crippen LogP contribution in [0.15, 0.2) is 54.7 Å². The number of para-hydroxylation sites is 1. The highest BCUT2D eigenvalue weighted by Gasteiger charge is 2.43. The predicted molar refractivity (Wildman–Crippen MR) is 161 cm³/mol. The molecule has 8 nitrogen and oxygen atoms in total. The summed E-state index contributed by atoms with van der Waals surface area (Å²) in [6.07, 6.45) is 8.00. The summed E-state index contributed by atoms with van der Waals surface area (Å²) in [6, 6.07) is 16.1. The van der Waals surface area contributed by atoms with Crippen LogP contribution >= 0.6 is 0 Å². The van der Waals surface area contributed by atoms with Crippen LogP contribution in [0.2, 0.25) is 0 Å². The number of aromatic nitrogens is 1. The number of nitrogens with two attached hydrogens (primary N) is 1. The number of piperidine rings is 1. The molecule has 3 aromatic rings. The van der Waals surface area contributed by atoms with Crippen molar-refractivity contribution in [3.05, 3.63) is 71.4 Å². The standard InChI is InChI=1S/C33H43N5O3/c1-23(27-21-35-29-11-5-3-9-26(27)29)30(31(39)38-17-6-8-25(38)22-41-20-16-34)36-32(40)37-18-14-33(15-19-37)13-12-24-7-2-4-10-28(24)33/h2-5,7,9-11,21,23,25,30,35H,6,8,12-20,22,34H2,1H3,(H,36,40)/t23-,25+,30+/m0/s1. The van der Waals surface area contributed by atoms with E-state index in [-0.39, 0.29) is 29.3 Å². The zero-order valence-electron chi connectivity index (χ0n) is 24.1. The molecule has 0 unspecified atom stereocenters. The summed E-state index contributed by atoms with van der Waals surface area (Å²) in [5, 5.41) is 4.30. The molecular formula is C33H43N5O3. The number of benzene rings is 2. The van der Waals surface area contributed by atoms with Crippen LogP contribution in [0.4, 0.5) is 4.79 Å². The molecule has 6 rings (SSSR count). The number of fused-ring (bicyclic) bond motifs is 3. The van der Waals surface area contributed by atoms with E-state index in [4.69, 9.17) is 10.5 Å². The van der Waals surface area contributed by atoms with Gasteiger partial charge in [-0.05, 0) is 66.7 Å². The lowest BCUT2D eigenvalue weighted by Gasteiger charge is -2.41. The van der Waals surface area contributed by atoms with Crippen LogP contribution in [-0.2, 0) is 21.4 Å². The van der Waals surface area contributed by atoms with Crippen molar-refractivity contribution < 1.29 is 14.3 Å². The third-order valence-electron chi connectivity index (χ3n) is 9.86. The highest BCUT2D eigenvalue weighted by atomic mass is 16.5. The first-order valence-electron chi connectivity index (χ1n) is 15.3. The van der Waals surface area contributed by atoms with Gasteiger partial charge in [-0.1, -0.05) is 49.4 Å². The summed E-state index contributed by atoms with van der Waals surface area (Å²) in [6.45, 7) is 5.53. The van der Waals surface area contributed by atoms with Crippen LogP contribution in [0, 0.1) is 0 Å². The van der Waals surface area contributed by atoms with Crippen molar-refractivity contribution in [1.29, 1.82) is 0 Å². The number of H-pyrrole nitrogens is 1. The average molecular weight is 558 g/mol. The largest absolute Gasteiger partial charge is 0.378 e. The molecule has 0 bridgehead atoms. The number of carbonyl (C=O) groups excluding carboxylic acids is 2. The molecule has 1 spiro atoms. The molecule has 1 aliphatic carbocycles. The summed E-state index contributed by atoms with van der Waals surface area (Å²) in [4.78, 5) is 35.2. The Hall–Kier alpha value is -3.36. The van der Waals surface area contributed by atoms with Crippen LogP contribution in [0.5, 0.6) is 0 Å². The number of amides is 3. The third kappa shape index (κ3) is 5.35. The maximum absolute atomic E-state index is 14.2. The quantitative estimate of drug-likeness (QED) is 0.360. The van der Waals surface area contributed by atoms with E-state index < -0.39 is 6.04 Å². The number of hydrogen-bond donors (Lipinski definition) is 3. The zero-order valence-corrected chi connectivity index (χ0v) is 24.1. The van der Waals surface area contributed by atoms with Gasteiger partial charge in [-0.25, -0.2) is 4.79 Å². The minimum absolute atomic E-state index is 0.000834. The lowest BCUT2D eigenvalue weighted by Crippen LogP contribution is -2.57. The van der Waals surface area contributed by atoms with E-state index in [0.29, 0.717) is 39.4 Å². The van der Waals surface area contributed by atoms with E-state index in [9.17, 15) is 9.59 Å². The molecule has 2 fully saturated rings. The predicted octanol–water partition coefficient (Wildman–Crippen LogP) is 4.30. The summed E-state index contributed by atoms with van der Waals surface area (Å²) in [5.74, 6) is -0.250. The van der Waals surface area contributed by atoms with Gasteiger partial charge in [-0.3, -0.25) is 4.79 Å². The van der Waals surface area contributed by atoms with E-state index in [0.717, 1.165) is 55.0 Å². The number of carbonyl (C=O) groups is 2. The van der Waals surface area contributed by atoms with Crippen LogP contribution in [0.1, 0.15) is 61.6 Å². The van der Waals surface area contributed by atoms with Gasteiger partial charge in [0.25, 0.3) is 0 Å². The Labute approximate surface area is 242 Å². The van der Waals surface area contributed by atoms with E-state index in [2.05, 4.69) is 47.6 Å². The maximum Gasteiger partial charge on any atom is 0.318 e. The van der Waals surface area contributed by atoms with Crippen LogP contribution in [0.25, 0.3) is 10.9 Å². The molecule has 4 N–H and O–H groups in total. The zero-order chi connectivity index (χ0) is 28.4. The Morgan fingerprint density at radius 3 is 2.71 bits per heavy atom. The van der Waals surface area contributed by atoms with E-state index in [1.807, 2.05) is 34.2 Å². The minimum atomic E-state index is -0.681. The Morgan fingerprint density at radius 1 is 1.10 bits per heavy atom. The van der Waals surface area contributed by atoms with E-state index in [1.165, 1.54) is 11.1 Å². The van der Waals surface area contributed by atoms with Crippen molar-refractivity contribution >= 4 is 22.8 Å². The smallest absolute Gasteiger partial charge is 0.318 e. The molecule has 41 heavy (non-hydrogen) atoms. The fourth-order valence-electron chi connectivity index (χ4n) is 7.48. The van der Waals surface area contributed by atoms with Crippen molar-refractivity contribution in [2.24, 2.45) is 5.73 Å². The molecule has 3 aliphatic rings. The monoisotopic (exact) mass is 557 g/mol. The molecule has 3 heterocycles. The minimum Gasteiger partial charge on any atom is -0.378 e. The second-order valence-corrected chi connectivity index (χ2v) is 12.1. The molecule has 2 aliphatic heterocycles. The van der Waals surface area contributed by atoms with Crippen molar-refractivity contribution in [2.45, 2.75) is 68.9 Å². The van der Waals surface area contributed by atoms with Gasteiger partial charge < -0.3 is 30.6 Å². The maximum atomic E-state index is 14.2. The normalized spacial score (nSPS) is 21.3. The number of likely N-dealkylation sites (tertiary alicyclic amines) is 2. The summed E-state index contributed by atoms with van der Waals surface area (Å²) in [7, 11) is 0. The average Bonchev–Trinajstić information content (AvgIpc) is 3.74. The molecule has 2 saturated heterocycles. The molecule has 8 heteroatoms. The molecule has 0 radical (unpaired) electrons. The van der Waals surface area contributed by atoms with Crippen molar-refractivity contribution in [1.82, 2.24) is 20.1 Å². The van der Waals surface area contributed by atoms with Gasteiger partial charge in [0.05, 0.1) is 19.3 Å². The van der Waals surface area contributed by atoms with E-state index >= 15 is 0 Å². The molecule has 3 amide bonds. The van der Waals surface area contributed by atoms with Gasteiger partial charge in [-0.15, -0.1) is 0 Å². The topological polar surface area (TPSA) is 104 Å². The Morgan fingerprint density at radius 2 is 1.88 bits per heavy atom. The summed E-state index contributed by atoms with van der Waals surface area (Å²) in [5.41, 5.74) is 10.8. The van der Waals surface area contributed by atoms with Crippen LogP contribution in [-0.4, -0.2) is 78.2 Å². The Balaban J connectivity index is 1.20. The lowest BCUT2D eigenvalue weighted by atomic mass is 9.74. The van der Waals surface area contributed by atoms with Gasteiger partial charge in [0.15, 0.2) is 0 Å². The number of hydrogen-bond acceptors (Lipinski definition) is 4. The van der Waals surface area contributed by atoms with Crippen molar-refractivity contribution in [3.63, 3.8) is 0 Å². The van der Waals surface area contributed by atoms with Crippen molar-refractivity contribution in [2.75, 3.05) is 39.4 Å². The first-order chi connectivity index (χ1) is 20.0. The number of nitrogens with zero attached hydrogens (tertiary/aromatic N) is 2. The van der Waals surface area contributed by atoms with Crippen LogP contribution in [0.3, 0.4) is 0 Å². The number of rotatable bonds is 8. The molecular weight excluding hydrogens is 514 g/mol. The number of nitrogens with one attached hydrogen (secondary N) is 2. The Bertz CT molecular complexity index is 1380. The Kier molecular flexibility index (Phi) is 8.04. The fraction of sp³-hybridized carbons (Fsp3) is 0.515. The lowest BCUT2D eigenvalue weighted by molar-refractivity contribution is -0.135. The third-order valence-corrected chi connectivity index (χ3v) is 9.86. The first-order valence-corrected chi connectivity index (χ1v) is 15.3. The second kappa shape index (κ2) is 11.9. The van der Waals surface area contributed by atoms with Gasteiger partial charge in [0.2, 0.25) is 5.91 Å². The van der Waals surface area contributed by atoms with Crippen LogP contribution < -0.4 is 11.1 Å². The van der Waals surface area contributed by atoms with Gasteiger partial charge in [-0.2, -0.15) is 0 Å². The number of urea groups is 1. The SMILES string of the molecule is C[C@@H](c1c[nH]c2ccccc12)[C@@H](NC(=O)N1CCC2(CCc3ccccc32)CC1)C(=O)N1CCC[C@@H]1COCCN. The number of aromatic amines is 1. The molecule has 218 valence electrons. The molecule has 1 aromatic heterocycles. The van der Waals surface area contributed by atoms with Crippen molar-refractivity contribution in [3.8, 4) is 0 Å². The molecule has 3 atom stereocenters. The van der Waals surface area contributed by atoms with Gasteiger partial charge in [0, 0.05) is 49.2 Å². The van der Waals surface area contributed by atoms with Gasteiger partial charge in [0.1, 0.15) is 6.04 Å². The highest BCUT2D eigenvalue weighted by Crippen LogP contribution is 2.46. The summed E-state index contributed by atoms with van der Waals surface area (Å²) >= 11 is 0. The molecule has 0 saturated carbocycles. The highest BCUT2D eigenvalue weighted by molar-refractivity contribution is 5.90. The number of ether oxygens (including phenoxy) is 1. The van der Waals surface area contributed by atoms with Gasteiger partial charge >= 0.3 is 6.03 Å². The van der Waals surface area contributed by atoms with E-state index in [1.54, 1.807) is 0 Å². The molecule has 2 aromatic carbocycles.